The average molecular weight is 531 g/mol. The lowest BCUT2D eigenvalue weighted by atomic mass is 9.53. The number of benzene rings is 1. The molecule has 0 unspecified atom stereocenters. The molecule has 2 heterocycles. The Morgan fingerprint density at radius 2 is 2.05 bits per heavy atom. The molecule has 0 bridgehead atoms. The number of carbonyl (C=O) groups excluding carboxylic acids is 1. The van der Waals surface area contributed by atoms with Gasteiger partial charge in [0.05, 0.1) is 25.0 Å². The summed E-state index contributed by atoms with van der Waals surface area (Å²) in [5.41, 5.74) is 1.81. The Labute approximate surface area is 222 Å². The zero-order valence-electron chi connectivity index (χ0n) is 22.0. The topological polar surface area (TPSA) is 86.7 Å². The fraction of sp³-hybridized carbons (Fsp3) is 0.643. The van der Waals surface area contributed by atoms with Crippen LogP contribution < -0.4 is 10.6 Å². The molecule has 1 aromatic heterocycles. The number of aliphatic hydroxyl groups is 1. The van der Waals surface area contributed by atoms with Gasteiger partial charge in [0, 0.05) is 48.6 Å². The van der Waals surface area contributed by atoms with Crippen molar-refractivity contribution in [3.05, 3.63) is 40.7 Å². The Kier molecular flexibility index (Phi) is 7.86. The number of hydrogen-bond acceptors (Lipinski definition) is 7. The molecule has 3 N–H and O–H groups in total. The van der Waals surface area contributed by atoms with Crippen LogP contribution in [0.4, 0.5) is 15.2 Å². The van der Waals surface area contributed by atoms with Gasteiger partial charge in [0.25, 0.3) is 0 Å². The van der Waals surface area contributed by atoms with Crippen molar-refractivity contribution in [2.45, 2.75) is 52.1 Å². The van der Waals surface area contributed by atoms with E-state index in [4.69, 9.17) is 9.72 Å². The van der Waals surface area contributed by atoms with Gasteiger partial charge >= 0.3 is 0 Å². The van der Waals surface area contributed by atoms with Crippen molar-refractivity contribution in [2.24, 2.45) is 23.2 Å². The number of aromatic nitrogens is 1. The summed E-state index contributed by atoms with van der Waals surface area (Å²) >= 11 is 1.65. The van der Waals surface area contributed by atoms with Crippen LogP contribution >= 0.6 is 11.3 Å². The molecular weight excluding hydrogens is 491 g/mol. The second kappa shape index (κ2) is 11.0. The predicted octanol–water partition coefficient (Wildman–Crippen LogP) is 4.16. The number of amides is 1. The van der Waals surface area contributed by atoms with E-state index in [2.05, 4.69) is 29.4 Å². The molecule has 1 saturated heterocycles. The highest BCUT2D eigenvalue weighted by atomic mass is 32.1. The zero-order chi connectivity index (χ0) is 26.2. The van der Waals surface area contributed by atoms with Crippen molar-refractivity contribution >= 4 is 28.1 Å². The number of nitrogens with zero attached hydrogens (tertiary/aromatic N) is 2. The summed E-state index contributed by atoms with van der Waals surface area (Å²) in [5, 5.41) is 18.9. The number of fused-ring (bicyclic) bond motifs is 2. The molecule has 5 rings (SSSR count). The van der Waals surface area contributed by atoms with E-state index in [0.29, 0.717) is 6.54 Å². The third-order valence-corrected chi connectivity index (χ3v) is 9.89. The number of rotatable bonds is 7. The van der Waals surface area contributed by atoms with Gasteiger partial charge in [0.15, 0.2) is 5.13 Å². The van der Waals surface area contributed by atoms with Crippen molar-refractivity contribution in [3.8, 4) is 0 Å². The third-order valence-electron chi connectivity index (χ3n) is 8.90. The van der Waals surface area contributed by atoms with Gasteiger partial charge in [-0.1, -0.05) is 20.8 Å². The third kappa shape index (κ3) is 5.55. The fourth-order valence-corrected chi connectivity index (χ4v) is 8.06. The number of nitrogens with one attached hydrogen (secondary N) is 2. The number of morpholine rings is 1. The maximum absolute atomic E-state index is 13.3. The van der Waals surface area contributed by atoms with E-state index in [9.17, 15) is 14.3 Å². The first-order chi connectivity index (χ1) is 17.7. The van der Waals surface area contributed by atoms with Crippen LogP contribution in [0.1, 0.15) is 50.1 Å². The Morgan fingerprint density at radius 3 is 2.78 bits per heavy atom. The van der Waals surface area contributed by atoms with E-state index in [-0.39, 0.29) is 40.8 Å². The predicted molar refractivity (Wildman–Crippen MR) is 144 cm³/mol. The number of halogens is 1. The van der Waals surface area contributed by atoms with Crippen molar-refractivity contribution in [3.63, 3.8) is 0 Å². The van der Waals surface area contributed by atoms with Crippen LogP contribution in [0.25, 0.3) is 0 Å². The van der Waals surface area contributed by atoms with E-state index >= 15 is 0 Å². The first-order valence-corrected chi connectivity index (χ1v) is 14.3. The smallest absolute Gasteiger partial charge is 0.223 e. The molecule has 6 atom stereocenters. The first-order valence-electron chi connectivity index (χ1n) is 13.5. The Balaban J connectivity index is 1.24. The molecule has 1 aliphatic heterocycles. The van der Waals surface area contributed by atoms with E-state index < -0.39 is 6.10 Å². The fourth-order valence-electron chi connectivity index (χ4n) is 6.77. The largest absolute Gasteiger partial charge is 0.392 e. The molecule has 1 amide bonds. The summed E-state index contributed by atoms with van der Waals surface area (Å²) in [7, 11) is 0. The van der Waals surface area contributed by atoms with Gasteiger partial charge in [0.2, 0.25) is 5.91 Å². The molecule has 7 nitrogen and oxygen atoms in total. The zero-order valence-corrected chi connectivity index (χ0v) is 22.8. The minimum Gasteiger partial charge on any atom is -0.392 e. The lowest BCUT2D eigenvalue weighted by Gasteiger charge is -2.53. The number of aliphatic hydroxyl groups excluding tert-OH is 1. The molecular formula is C28H39FN4O3S. The maximum atomic E-state index is 13.3. The molecule has 3 aliphatic rings. The van der Waals surface area contributed by atoms with Gasteiger partial charge in [-0.05, 0) is 60.8 Å². The second-order valence-corrected chi connectivity index (χ2v) is 12.4. The number of carbonyl (C=O) groups is 1. The Hall–Kier alpha value is -2.07. The van der Waals surface area contributed by atoms with Crippen molar-refractivity contribution < 1.29 is 19.0 Å². The summed E-state index contributed by atoms with van der Waals surface area (Å²) in [6.45, 7) is 11.2. The maximum Gasteiger partial charge on any atom is 0.223 e. The van der Waals surface area contributed by atoms with Crippen LogP contribution in [0.3, 0.4) is 0 Å². The normalized spacial score (nSPS) is 30.7. The van der Waals surface area contributed by atoms with Gasteiger partial charge in [-0.25, -0.2) is 9.37 Å². The second-order valence-electron chi connectivity index (χ2n) is 11.3. The van der Waals surface area contributed by atoms with Crippen LogP contribution in [-0.4, -0.2) is 66.4 Å². The minimum absolute atomic E-state index is 0.0320. The number of anilines is 2. The van der Waals surface area contributed by atoms with E-state index in [0.717, 1.165) is 68.6 Å². The summed E-state index contributed by atoms with van der Waals surface area (Å²) in [4.78, 5) is 21.5. The first kappa shape index (κ1) is 26.5. The molecule has 2 fully saturated rings. The van der Waals surface area contributed by atoms with E-state index in [1.165, 1.54) is 17.0 Å². The van der Waals surface area contributed by atoms with Crippen LogP contribution in [-0.2, 0) is 16.0 Å². The Bertz CT molecular complexity index is 1090. The standard InChI is InChI=1S/C28H39FN4O3S/c1-17(26(35)30-10-11-33-12-14-36-15-13-33)21-8-9-28(3)16-22-24(18(2)23(28)25(21)34)32-27(37-22)31-20-6-4-19(29)5-7-20/h4-7,17-18,21,23,25,34H,8-16H2,1-3H3,(H,30,35)(H,31,32)/t17-,18-,21+,23+,25-,28-/m0/s1. The van der Waals surface area contributed by atoms with Crippen LogP contribution in [0, 0.1) is 29.0 Å². The van der Waals surface area contributed by atoms with Gasteiger partial charge in [-0.2, -0.15) is 0 Å². The lowest BCUT2D eigenvalue weighted by Crippen LogP contribution is -2.53. The quantitative estimate of drug-likeness (QED) is 0.498. The van der Waals surface area contributed by atoms with E-state index in [1.807, 2.05) is 6.92 Å². The monoisotopic (exact) mass is 530 g/mol. The number of thiazole rings is 1. The summed E-state index contributed by atoms with van der Waals surface area (Å²) in [6.07, 6.45) is 2.14. The number of hydrogen-bond donors (Lipinski definition) is 3. The molecule has 37 heavy (non-hydrogen) atoms. The van der Waals surface area contributed by atoms with Gasteiger partial charge in [-0.15, -0.1) is 11.3 Å². The highest BCUT2D eigenvalue weighted by Gasteiger charge is 2.53. The molecule has 9 heteroatoms. The molecule has 0 spiro atoms. The van der Waals surface area contributed by atoms with Gasteiger partial charge < -0.3 is 20.5 Å². The van der Waals surface area contributed by atoms with Crippen molar-refractivity contribution in [2.75, 3.05) is 44.7 Å². The average Bonchev–Trinajstić information content (AvgIpc) is 3.27. The molecule has 1 saturated carbocycles. The van der Waals surface area contributed by atoms with Crippen molar-refractivity contribution in [1.82, 2.24) is 15.2 Å². The Morgan fingerprint density at radius 1 is 1.32 bits per heavy atom. The van der Waals surface area contributed by atoms with Gasteiger partial charge in [0.1, 0.15) is 5.82 Å². The molecule has 0 radical (unpaired) electrons. The molecule has 2 aliphatic carbocycles. The van der Waals surface area contributed by atoms with Crippen LogP contribution in [0.2, 0.25) is 0 Å². The SMILES string of the molecule is C[C@H](C(=O)NCCN1CCOCC1)[C@H]1CC[C@@]2(C)Cc3sc(Nc4ccc(F)cc4)nc3[C@@H](C)[C@@H]2[C@H]1O. The van der Waals surface area contributed by atoms with Gasteiger partial charge in [-0.3, -0.25) is 9.69 Å². The van der Waals surface area contributed by atoms with Crippen molar-refractivity contribution in [1.29, 1.82) is 0 Å². The number of ether oxygens (including phenoxy) is 1. The molecule has 202 valence electrons. The summed E-state index contributed by atoms with van der Waals surface area (Å²) < 4.78 is 18.7. The highest BCUT2D eigenvalue weighted by molar-refractivity contribution is 7.15. The summed E-state index contributed by atoms with van der Waals surface area (Å²) in [6, 6.07) is 6.29. The highest BCUT2D eigenvalue weighted by Crippen LogP contribution is 2.57. The molecule has 2 aromatic rings. The molecule has 1 aromatic carbocycles. The van der Waals surface area contributed by atoms with Crippen LogP contribution in [0.15, 0.2) is 24.3 Å². The minimum atomic E-state index is -0.558. The summed E-state index contributed by atoms with van der Waals surface area (Å²) in [5.74, 6) is -0.418. The lowest BCUT2D eigenvalue weighted by molar-refractivity contribution is -0.134. The van der Waals surface area contributed by atoms with E-state index in [1.54, 1.807) is 23.5 Å². The van der Waals surface area contributed by atoms with Crippen LogP contribution in [0.5, 0.6) is 0 Å².